The summed E-state index contributed by atoms with van der Waals surface area (Å²) in [5.74, 6) is 1.65. The number of rotatable bonds is 2. The molecule has 2 aliphatic rings. The Balaban J connectivity index is 1.47. The summed E-state index contributed by atoms with van der Waals surface area (Å²) in [6.07, 6.45) is 2.18. The topological polar surface area (TPSA) is 52.2 Å². The molecule has 1 saturated carbocycles. The van der Waals surface area contributed by atoms with Gasteiger partial charge in [-0.25, -0.2) is 4.98 Å². The van der Waals surface area contributed by atoms with E-state index < -0.39 is 0 Å². The molecule has 0 atom stereocenters. The van der Waals surface area contributed by atoms with Crippen LogP contribution >= 0.6 is 0 Å². The van der Waals surface area contributed by atoms with Crippen molar-refractivity contribution in [1.82, 2.24) is 14.9 Å². The lowest BCUT2D eigenvalue weighted by Gasteiger charge is -2.36. The third-order valence-electron chi connectivity index (χ3n) is 4.47. The summed E-state index contributed by atoms with van der Waals surface area (Å²) in [6.45, 7) is 5.49. The van der Waals surface area contributed by atoms with E-state index in [1.165, 1.54) is 5.69 Å². The van der Waals surface area contributed by atoms with Crippen LogP contribution < -0.4 is 4.90 Å². The van der Waals surface area contributed by atoms with Crippen molar-refractivity contribution < 1.29 is 4.79 Å². The zero-order valence-corrected chi connectivity index (χ0v) is 12.3. The van der Waals surface area contributed by atoms with Crippen molar-refractivity contribution in [3.05, 3.63) is 24.0 Å². The van der Waals surface area contributed by atoms with Crippen LogP contribution in [-0.4, -0.2) is 47.0 Å². The minimum Gasteiger partial charge on any atom is -0.368 e. The number of carbonyl (C=O) groups is 1. The van der Waals surface area contributed by atoms with Crippen LogP contribution in [0.3, 0.4) is 0 Å². The lowest BCUT2D eigenvalue weighted by atomic mass is 10.2. The summed E-state index contributed by atoms with van der Waals surface area (Å²) < 4.78 is 0. The maximum Gasteiger partial charge on any atom is 0.225 e. The van der Waals surface area contributed by atoms with E-state index in [0.717, 1.165) is 55.9 Å². The van der Waals surface area contributed by atoms with Crippen molar-refractivity contribution in [2.75, 3.05) is 31.1 Å². The molecule has 0 unspecified atom stereocenters. The molecular formula is C16H20N4O. The minimum absolute atomic E-state index is 0.334. The van der Waals surface area contributed by atoms with Crippen molar-refractivity contribution >= 4 is 22.6 Å². The van der Waals surface area contributed by atoms with E-state index >= 15 is 0 Å². The van der Waals surface area contributed by atoms with Crippen LogP contribution in [0.25, 0.3) is 11.0 Å². The summed E-state index contributed by atoms with van der Waals surface area (Å²) in [5.41, 5.74) is 3.31. The van der Waals surface area contributed by atoms with Gasteiger partial charge in [0.1, 0.15) is 5.82 Å². The van der Waals surface area contributed by atoms with Crippen LogP contribution in [-0.2, 0) is 4.79 Å². The maximum atomic E-state index is 12.1. The van der Waals surface area contributed by atoms with Crippen molar-refractivity contribution in [1.29, 1.82) is 0 Å². The van der Waals surface area contributed by atoms with Gasteiger partial charge in [-0.2, -0.15) is 0 Å². The van der Waals surface area contributed by atoms with E-state index in [1.54, 1.807) is 0 Å². The van der Waals surface area contributed by atoms with Gasteiger partial charge in [-0.15, -0.1) is 0 Å². The van der Waals surface area contributed by atoms with Gasteiger partial charge in [-0.3, -0.25) is 4.79 Å². The third kappa shape index (κ3) is 2.37. The summed E-state index contributed by atoms with van der Waals surface area (Å²) in [6, 6.07) is 6.35. The van der Waals surface area contributed by atoms with E-state index in [0.29, 0.717) is 11.8 Å². The summed E-state index contributed by atoms with van der Waals surface area (Å²) in [4.78, 5) is 24.2. The lowest BCUT2D eigenvalue weighted by molar-refractivity contribution is -0.132. The zero-order chi connectivity index (χ0) is 14.4. The van der Waals surface area contributed by atoms with Gasteiger partial charge in [0.15, 0.2) is 0 Å². The zero-order valence-electron chi connectivity index (χ0n) is 12.3. The van der Waals surface area contributed by atoms with Crippen LogP contribution in [0.4, 0.5) is 5.69 Å². The second-order valence-corrected chi connectivity index (χ2v) is 6.11. The Morgan fingerprint density at radius 2 is 2.00 bits per heavy atom. The number of H-pyrrole nitrogens is 1. The molecule has 1 amide bonds. The van der Waals surface area contributed by atoms with E-state index in [9.17, 15) is 4.79 Å². The smallest absolute Gasteiger partial charge is 0.225 e. The number of imidazole rings is 1. The highest BCUT2D eigenvalue weighted by atomic mass is 16.2. The average Bonchev–Trinajstić information content (AvgIpc) is 3.27. The molecule has 5 heteroatoms. The first-order chi connectivity index (χ1) is 10.2. The number of anilines is 1. The predicted molar refractivity (Wildman–Crippen MR) is 82.3 cm³/mol. The molecule has 2 fully saturated rings. The highest BCUT2D eigenvalue weighted by molar-refractivity contribution is 5.82. The fourth-order valence-electron chi connectivity index (χ4n) is 3.10. The van der Waals surface area contributed by atoms with Crippen LogP contribution in [0.5, 0.6) is 0 Å². The molecule has 1 saturated heterocycles. The number of hydrogen-bond donors (Lipinski definition) is 1. The van der Waals surface area contributed by atoms with E-state index in [-0.39, 0.29) is 0 Å². The van der Waals surface area contributed by atoms with Crippen molar-refractivity contribution in [2.24, 2.45) is 5.92 Å². The number of aryl methyl sites for hydroxylation is 1. The molecule has 0 spiro atoms. The van der Waals surface area contributed by atoms with Crippen LogP contribution in [0.1, 0.15) is 18.7 Å². The number of aromatic amines is 1. The fraction of sp³-hybridized carbons (Fsp3) is 0.500. The Labute approximate surface area is 123 Å². The number of amides is 1. The standard InChI is InChI=1S/C16H20N4O/c1-11-17-14-5-4-13(10-15(14)18-11)19-6-8-20(9-7-19)16(21)12-2-3-12/h4-5,10,12H,2-3,6-9H2,1H3,(H,17,18). The van der Waals surface area contributed by atoms with E-state index in [1.807, 2.05) is 11.8 Å². The molecule has 0 bridgehead atoms. The van der Waals surface area contributed by atoms with Crippen LogP contribution in [0, 0.1) is 12.8 Å². The molecule has 110 valence electrons. The van der Waals surface area contributed by atoms with Crippen LogP contribution in [0.2, 0.25) is 0 Å². The summed E-state index contributed by atoms with van der Waals surface area (Å²) in [5, 5.41) is 0. The first-order valence-electron chi connectivity index (χ1n) is 7.71. The van der Waals surface area contributed by atoms with Crippen molar-refractivity contribution in [3.63, 3.8) is 0 Å². The largest absolute Gasteiger partial charge is 0.368 e. The second-order valence-electron chi connectivity index (χ2n) is 6.11. The number of aromatic nitrogens is 2. The molecule has 1 aliphatic carbocycles. The SMILES string of the molecule is Cc1nc2ccc(N3CCN(C(=O)C4CC4)CC3)cc2[nH]1. The molecule has 1 aliphatic heterocycles. The van der Waals surface area contributed by atoms with Crippen molar-refractivity contribution in [3.8, 4) is 0 Å². The molecule has 2 heterocycles. The lowest BCUT2D eigenvalue weighted by Crippen LogP contribution is -2.49. The number of fused-ring (bicyclic) bond motifs is 1. The molecule has 1 aromatic heterocycles. The van der Waals surface area contributed by atoms with Gasteiger partial charge in [0, 0.05) is 37.8 Å². The quantitative estimate of drug-likeness (QED) is 0.917. The number of nitrogens with zero attached hydrogens (tertiary/aromatic N) is 3. The highest BCUT2D eigenvalue weighted by Crippen LogP contribution is 2.31. The molecule has 1 aromatic carbocycles. The van der Waals surface area contributed by atoms with Crippen molar-refractivity contribution in [2.45, 2.75) is 19.8 Å². The van der Waals surface area contributed by atoms with Crippen LogP contribution in [0.15, 0.2) is 18.2 Å². The van der Waals surface area contributed by atoms with Gasteiger partial charge in [0.25, 0.3) is 0 Å². The number of piperazine rings is 1. The van der Waals surface area contributed by atoms with E-state index in [2.05, 4.69) is 33.1 Å². The number of carbonyl (C=O) groups excluding carboxylic acids is 1. The van der Waals surface area contributed by atoms with Gasteiger partial charge in [-0.1, -0.05) is 0 Å². The van der Waals surface area contributed by atoms with Gasteiger partial charge >= 0.3 is 0 Å². The Morgan fingerprint density at radius 1 is 1.24 bits per heavy atom. The van der Waals surface area contributed by atoms with Gasteiger partial charge in [0.2, 0.25) is 5.91 Å². The second kappa shape index (κ2) is 4.76. The fourth-order valence-corrected chi connectivity index (χ4v) is 3.10. The Morgan fingerprint density at radius 3 is 2.71 bits per heavy atom. The Kier molecular flexibility index (Phi) is 2.87. The molecule has 21 heavy (non-hydrogen) atoms. The molecule has 2 aromatic rings. The Hall–Kier alpha value is -2.04. The minimum atomic E-state index is 0.334. The summed E-state index contributed by atoms with van der Waals surface area (Å²) >= 11 is 0. The monoisotopic (exact) mass is 284 g/mol. The van der Waals surface area contributed by atoms with E-state index in [4.69, 9.17) is 0 Å². The normalized spacial score (nSPS) is 19.3. The molecule has 5 nitrogen and oxygen atoms in total. The average molecular weight is 284 g/mol. The van der Waals surface area contributed by atoms with Gasteiger partial charge in [0.05, 0.1) is 11.0 Å². The molecule has 0 radical (unpaired) electrons. The first kappa shape index (κ1) is 12.7. The number of hydrogen-bond acceptors (Lipinski definition) is 3. The molecule has 1 N–H and O–H groups in total. The Bertz CT molecular complexity index is 681. The molecule has 4 rings (SSSR count). The third-order valence-corrected chi connectivity index (χ3v) is 4.47. The van der Waals surface area contributed by atoms with Gasteiger partial charge < -0.3 is 14.8 Å². The summed E-state index contributed by atoms with van der Waals surface area (Å²) in [7, 11) is 0. The predicted octanol–water partition coefficient (Wildman–Crippen LogP) is 1.93. The number of nitrogens with one attached hydrogen (secondary N) is 1. The number of benzene rings is 1. The first-order valence-corrected chi connectivity index (χ1v) is 7.71. The highest BCUT2D eigenvalue weighted by Gasteiger charge is 2.34. The molecular weight excluding hydrogens is 264 g/mol. The van der Waals surface area contributed by atoms with Gasteiger partial charge in [-0.05, 0) is 38.0 Å². The maximum absolute atomic E-state index is 12.1.